The third kappa shape index (κ3) is 5.18. The van der Waals surface area contributed by atoms with E-state index in [0.717, 1.165) is 22.6 Å². The average Bonchev–Trinajstić information content (AvgIpc) is 3.29. The topological polar surface area (TPSA) is 84.4 Å². The van der Waals surface area contributed by atoms with Crippen LogP contribution < -0.4 is 14.2 Å². The summed E-state index contributed by atoms with van der Waals surface area (Å²) in [5.41, 5.74) is 2.37. The third-order valence-corrected chi connectivity index (χ3v) is 6.28. The number of aliphatic hydroxyl groups is 1. The Morgan fingerprint density at radius 3 is 2.85 bits per heavy atom. The van der Waals surface area contributed by atoms with E-state index in [-0.39, 0.29) is 37.4 Å². The summed E-state index contributed by atoms with van der Waals surface area (Å²) >= 11 is 0. The Morgan fingerprint density at radius 1 is 1.29 bits per heavy atom. The highest BCUT2D eigenvalue weighted by atomic mass is 16.7. The van der Waals surface area contributed by atoms with Crippen molar-refractivity contribution in [1.29, 1.82) is 0 Å². The third-order valence-electron chi connectivity index (χ3n) is 6.28. The maximum Gasteiger partial charge on any atom is 0.259 e. The number of allylic oxidation sites excluding steroid dienone is 1. The average molecular weight is 468 g/mol. The number of fused-ring (bicyclic) bond motifs is 2. The van der Waals surface area contributed by atoms with Crippen molar-refractivity contribution in [2.24, 2.45) is 5.92 Å². The van der Waals surface area contributed by atoms with Crippen LogP contribution in [-0.2, 0) is 6.54 Å². The maximum absolute atomic E-state index is 13.4. The van der Waals surface area contributed by atoms with Gasteiger partial charge in [-0.15, -0.1) is 0 Å². The second kappa shape index (κ2) is 10.4. The molecule has 0 radical (unpaired) electrons. The van der Waals surface area contributed by atoms with E-state index in [1.165, 1.54) is 0 Å². The minimum Gasteiger partial charge on any atom is -0.472 e. The summed E-state index contributed by atoms with van der Waals surface area (Å²) < 4.78 is 17.3. The number of aliphatic hydroxyl groups excluding tert-OH is 1. The maximum atomic E-state index is 13.4. The van der Waals surface area contributed by atoms with Crippen molar-refractivity contribution in [3.63, 3.8) is 0 Å². The number of ether oxygens (including phenoxy) is 3. The zero-order chi connectivity index (χ0) is 24.2. The molecule has 0 aliphatic carbocycles. The Bertz CT molecular complexity index is 1060. The van der Waals surface area contributed by atoms with Gasteiger partial charge in [-0.25, -0.2) is 4.98 Å². The van der Waals surface area contributed by atoms with Crippen molar-refractivity contribution >= 4 is 12.0 Å². The molecule has 1 aromatic carbocycles. The van der Waals surface area contributed by atoms with Gasteiger partial charge in [-0.2, -0.15) is 0 Å². The van der Waals surface area contributed by atoms with Crippen molar-refractivity contribution in [1.82, 2.24) is 14.8 Å². The molecule has 34 heavy (non-hydrogen) atoms. The molecule has 0 saturated carbocycles. The van der Waals surface area contributed by atoms with Gasteiger partial charge in [0.15, 0.2) is 11.5 Å². The van der Waals surface area contributed by atoms with E-state index in [1.807, 2.05) is 57.3 Å². The highest BCUT2D eigenvalue weighted by Crippen LogP contribution is 2.33. The largest absolute Gasteiger partial charge is 0.472 e. The van der Waals surface area contributed by atoms with Crippen LogP contribution in [0.15, 0.2) is 36.5 Å². The number of benzene rings is 1. The number of hydrogen-bond donors (Lipinski definition) is 1. The minimum absolute atomic E-state index is 0.0299. The van der Waals surface area contributed by atoms with E-state index in [4.69, 9.17) is 14.2 Å². The smallest absolute Gasteiger partial charge is 0.259 e. The molecule has 2 aromatic rings. The van der Waals surface area contributed by atoms with Crippen LogP contribution in [0.5, 0.6) is 17.4 Å². The predicted octanol–water partition coefficient (Wildman–Crippen LogP) is 3.20. The van der Waals surface area contributed by atoms with Crippen LogP contribution in [-0.4, -0.2) is 71.5 Å². The van der Waals surface area contributed by atoms with E-state index >= 15 is 0 Å². The zero-order valence-corrected chi connectivity index (χ0v) is 20.2. The molecule has 2 aliphatic heterocycles. The fourth-order valence-corrected chi connectivity index (χ4v) is 4.34. The number of carbonyl (C=O) groups is 1. The van der Waals surface area contributed by atoms with Crippen molar-refractivity contribution in [3.05, 3.63) is 53.2 Å². The molecule has 1 aromatic heterocycles. The molecule has 4 rings (SSSR count). The molecule has 8 nitrogen and oxygen atoms in total. The second-order valence-corrected chi connectivity index (χ2v) is 9.13. The molecule has 0 unspecified atom stereocenters. The first-order chi connectivity index (χ1) is 16.4. The first-order valence-corrected chi connectivity index (χ1v) is 11.7. The molecule has 0 saturated heterocycles. The minimum atomic E-state index is -0.307. The van der Waals surface area contributed by atoms with Crippen LogP contribution in [0.1, 0.15) is 42.3 Å². The fraction of sp³-hybridized carbons (Fsp3) is 0.462. The van der Waals surface area contributed by atoms with E-state index in [2.05, 4.69) is 16.8 Å². The molecule has 182 valence electrons. The Kier molecular flexibility index (Phi) is 7.38. The highest BCUT2D eigenvalue weighted by molar-refractivity contribution is 5.97. The Hall–Kier alpha value is -3.10. The van der Waals surface area contributed by atoms with Gasteiger partial charge in [-0.1, -0.05) is 25.1 Å². The molecule has 3 heterocycles. The lowest BCUT2D eigenvalue weighted by molar-refractivity contribution is 0.0325. The van der Waals surface area contributed by atoms with Gasteiger partial charge >= 0.3 is 0 Å². The lowest BCUT2D eigenvalue weighted by Gasteiger charge is -2.37. The van der Waals surface area contributed by atoms with E-state index < -0.39 is 0 Å². The van der Waals surface area contributed by atoms with Gasteiger partial charge < -0.3 is 24.2 Å². The molecule has 0 bridgehead atoms. The first kappa shape index (κ1) is 24.0. The number of likely N-dealkylation sites (N-methyl/N-ethyl adjacent to an activating group) is 1. The standard InChI is InChI=1S/C26H33N3O5/c1-5-6-19-9-21-25(27-11-19)34-24(17(2)12-29(26(21)31)18(3)15-30)14-28(4)13-20-7-8-22-23(10-20)33-16-32-22/h5-11,17-18,24,30H,12-16H2,1-4H3/b6-5+/t17-,18-,24-/m0/s1. The SMILES string of the molecule is C/C=C/c1cnc2c(c1)C(=O)N([C@@H](C)CO)C[C@H](C)[C@H](CN(C)Cc1ccc3c(c1)OCO3)O2. The van der Waals surface area contributed by atoms with Gasteiger partial charge in [-0.3, -0.25) is 9.69 Å². The van der Waals surface area contributed by atoms with E-state index in [1.54, 1.807) is 11.1 Å². The molecular weight excluding hydrogens is 434 g/mol. The number of aromatic nitrogens is 1. The van der Waals surface area contributed by atoms with Crippen molar-refractivity contribution in [2.45, 2.75) is 39.5 Å². The van der Waals surface area contributed by atoms with Gasteiger partial charge in [0.25, 0.3) is 5.91 Å². The molecule has 2 aliphatic rings. The molecule has 1 N–H and O–H groups in total. The van der Waals surface area contributed by atoms with Crippen LogP contribution in [0.2, 0.25) is 0 Å². The number of amides is 1. The molecule has 8 heteroatoms. The summed E-state index contributed by atoms with van der Waals surface area (Å²) in [5, 5.41) is 9.80. The number of nitrogens with zero attached hydrogens (tertiary/aromatic N) is 3. The monoisotopic (exact) mass is 467 g/mol. The number of carbonyl (C=O) groups excluding carboxylic acids is 1. The first-order valence-electron chi connectivity index (χ1n) is 11.7. The summed E-state index contributed by atoms with van der Waals surface area (Å²) in [6, 6.07) is 7.48. The molecular formula is C26H33N3O5. The van der Waals surface area contributed by atoms with Gasteiger partial charge in [-0.05, 0) is 50.2 Å². The summed E-state index contributed by atoms with van der Waals surface area (Å²) in [6.45, 7) is 7.83. The zero-order valence-electron chi connectivity index (χ0n) is 20.2. The van der Waals surface area contributed by atoms with Crippen LogP contribution in [0.25, 0.3) is 6.08 Å². The van der Waals surface area contributed by atoms with Gasteiger partial charge in [0.05, 0.1) is 12.6 Å². The summed E-state index contributed by atoms with van der Waals surface area (Å²) in [6.07, 6.45) is 5.32. The van der Waals surface area contributed by atoms with Crippen molar-refractivity contribution in [3.8, 4) is 17.4 Å². The Morgan fingerprint density at radius 2 is 2.09 bits per heavy atom. The van der Waals surface area contributed by atoms with E-state index in [0.29, 0.717) is 31.1 Å². The quantitative estimate of drug-likeness (QED) is 0.669. The van der Waals surface area contributed by atoms with Gasteiger partial charge in [0, 0.05) is 31.7 Å². The van der Waals surface area contributed by atoms with Crippen LogP contribution >= 0.6 is 0 Å². The summed E-state index contributed by atoms with van der Waals surface area (Å²) in [4.78, 5) is 21.8. The Balaban J connectivity index is 1.57. The number of hydrogen-bond acceptors (Lipinski definition) is 7. The molecule has 0 spiro atoms. The molecule has 0 fully saturated rings. The lowest BCUT2D eigenvalue weighted by atomic mass is 9.99. The van der Waals surface area contributed by atoms with Crippen molar-refractivity contribution in [2.75, 3.05) is 33.5 Å². The summed E-state index contributed by atoms with van der Waals surface area (Å²) in [5.74, 6) is 1.73. The van der Waals surface area contributed by atoms with Gasteiger partial charge in [0.1, 0.15) is 11.7 Å². The molecule has 1 amide bonds. The van der Waals surface area contributed by atoms with Crippen LogP contribution in [0.4, 0.5) is 0 Å². The van der Waals surface area contributed by atoms with E-state index in [9.17, 15) is 9.90 Å². The van der Waals surface area contributed by atoms with Crippen molar-refractivity contribution < 1.29 is 24.1 Å². The Labute approximate surface area is 200 Å². The predicted molar refractivity (Wildman–Crippen MR) is 129 cm³/mol. The fourth-order valence-electron chi connectivity index (χ4n) is 4.34. The second-order valence-electron chi connectivity index (χ2n) is 9.13. The molecule has 3 atom stereocenters. The van der Waals surface area contributed by atoms with Gasteiger partial charge in [0.2, 0.25) is 12.7 Å². The van der Waals surface area contributed by atoms with Crippen LogP contribution in [0, 0.1) is 5.92 Å². The lowest BCUT2D eigenvalue weighted by Crippen LogP contribution is -2.49. The highest BCUT2D eigenvalue weighted by Gasteiger charge is 2.34. The van der Waals surface area contributed by atoms with Crippen LogP contribution in [0.3, 0.4) is 0 Å². The number of pyridine rings is 1. The number of rotatable bonds is 7. The normalized spacial score (nSPS) is 20.8. The summed E-state index contributed by atoms with van der Waals surface area (Å²) in [7, 11) is 2.04.